The maximum Gasteiger partial charge on any atom is 0.338 e. The summed E-state index contributed by atoms with van der Waals surface area (Å²) >= 11 is 0. The van der Waals surface area contributed by atoms with E-state index in [2.05, 4.69) is 6.92 Å². The van der Waals surface area contributed by atoms with Crippen LogP contribution >= 0.6 is 0 Å². The minimum absolute atomic E-state index is 0.213. The topological polar surface area (TPSA) is 44.8 Å². The van der Waals surface area contributed by atoms with Gasteiger partial charge in [-0.1, -0.05) is 19.8 Å². The zero-order valence-corrected chi connectivity index (χ0v) is 9.90. The highest BCUT2D eigenvalue weighted by atomic mass is 16.7. The van der Waals surface area contributed by atoms with Crippen molar-refractivity contribution in [3.63, 3.8) is 0 Å². The average molecular weight is 236 g/mol. The molecule has 4 nitrogen and oxygen atoms in total. The van der Waals surface area contributed by atoms with E-state index >= 15 is 0 Å². The molecule has 0 unspecified atom stereocenters. The fourth-order valence-corrected chi connectivity index (χ4v) is 1.62. The lowest BCUT2D eigenvalue weighted by atomic mass is 10.2. The van der Waals surface area contributed by atoms with Gasteiger partial charge in [0.25, 0.3) is 0 Å². The van der Waals surface area contributed by atoms with Crippen LogP contribution in [0.1, 0.15) is 36.5 Å². The number of ether oxygens (including phenoxy) is 3. The third-order valence-corrected chi connectivity index (χ3v) is 2.59. The Bertz CT molecular complexity index is 400. The Balaban J connectivity index is 1.91. The van der Waals surface area contributed by atoms with Crippen molar-refractivity contribution in [2.45, 2.75) is 26.2 Å². The van der Waals surface area contributed by atoms with Crippen LogP contribution in [0.15, 0.2) is 18.2 Å². The zero-order valence-electron chi connectivity index (χ0n) is 9.90. The third-order valence-electron chi connectivity index (χ3n) is 2.59. The van der Waals surface area contributed by atoms with E-state index < -0.39 is 0 Å². The molecule has 0 fully saturated rings. The van der Waals surface area contributed by atoms with Gasteiger partial charge in [0.1, 0.15) is 0 Å². The highest BCUT2D eigenvalue weighted by Crippen LogP contribution is 2.32. The van der Waals surface area contributed by atoms with Crippen LogP contribution in [0.5, 0.6) is 11.5 Å². The number of unbranched alkanes of at least 4 members (excludes halogenated alkanes) is 2. The van der Waals surface area contributed by atoms with Crippen LogP contribution in [0.4, 0.5) is 0 Å². The standard InChI is InChI=1S/C13H16O4/c1-2-3-4-7-15-13(14)10-5-6-11-12(8-10)17-9-16-11/h5-6,8H,2-4,7,9H2,1H3. The first-order valence-corrected chi connectivity index (χ1v) is 5.88. The quantitative estimate of drug-likeness (QED) is 0.582. The molecule has 1 aromatic rings. The monoisotopic (exact) mass is 236 g/mol. The Kier molecular flexibility index (Phi) is 3.85. The molecule has 17 heavy (non-hydrogen) atoms. The molecule has 0 N–H and O–H groups in total. The molecule has 0 spiro atoms. The fraction of sp³-hybridized carbons (Fsp3) is 0.462. The molecule has 0 saturated carbocycles. The maximum atomic E-state index is 11.7. The largest absolute Gasteiger partial charge is 0.462 e. The SMILES string of the molecule is CCCCCOC(=O)c1ccc2c(c1)OCO2. The molecular weight excluding hydrogens is 220 g/mol. The molecule has 4 heteroatoms. The molecular formula is C13H16O4. The second-order valence-electron chi connectivity index (χ2n) is 3.91. The van der Waals surface area contributed by atoms with Crippen molar-refractivity contribution in [2.75, 3.05) is 13.4 Å². The Morgan fingerprint density at radius 1 is 1.29 bits per heavy atom. The van der Waals surface area contributed by atoms with Gasteiger partial charge in [0.15, 0.2) is 11.5 Å². The van der Waals surface area contributed by atoms with E-state index in [4.69, 9.17) is 14.2 Å². The predicted molar refractivity (Wildman–Crippen MR) is 62.4 cm³/mol. The van der Waals surface area contributed by atoms with Gasteiger partial charge in [-0.05, 0) is 24.6 Å². The number of hydrogen-bond donors (Lipinski definition) is 0. The Hall–Kier alpha value is -1.71. The van der Waals surface area contributed by atoms with Crippen molar-refractivity contribution in [3.8, 4) is 11.5 Å². The fourth-order valence-electron chi connectivity index (χ4n) is 1.62. The highest BCUT2D eigenvalue weighted by molar-refractivity contribution is 5.90. The predicted octanol–water partition coefficient (Wildman–Crippen LogP) is 2.76. The molecule has 0 amide bonds. The normalized spacial score (nSPS) is 12.5. The van der Waals surface area contributed by atoms with Crippen LogP contribution in [0.25, 0.3) is 0 Å². The summed E-state index contributed by atoms with van der Waals surface area (Å²) in [4.78, 5) is 11.7. The summed E-state index contributed by atoms with van der Waals surface area (Å²) in [5, 5.41) is 0. The van der Waals surface area contributed by atoms with Crippen LogP contribution < -0.4 is 9.47 Å². The van der Waals surface area contributed by atoms with Crippen LogP contribution in [0.3, 0.4) is 0 Å². The molecule has 1 heterocycles. The number of carbonyl (C=O) groups is 1. The van der Waals surface area contributed by atoms with Gasteiger partial charge in [-0.25, -0.2) is 4.79 Å². The molecule has 92 valence electrons. The van der Waals surface area contributed by atoms with Crippen molar-refractivity contribution >= 4 is 5.97 Å². The van der Waals surface area contributed by atoms with Gasteiger partial charge in [-0.15, -0.1) is 0 Å². The Morgan fingerprint density at radius 2 is 2.12 bits per heavy atom. The summed E-state index contributed by atoms with van der Waals surface area (Å²) in [6, 6.07) is 5.07. The van der Waals surface area contributed by atoms with E-state index in [1.54, 1.807) is 18.2 Å². The third kappa shape index (κ3) is 2.90. The van der Waals surface area contributed by atoms with Crippen LogP contribution in [0.2, 0.25) is 0 Å². The second kappa shape index (κ2) is 5.57. The van der Waals surface area contributed by atoms with Gasteiger partial charge in [0.2, 0.25) is 6.79 Å². The first kappa shape index (κ1) is 11.8. The Labute approximate surface area is 100 Å². The molecule has 1 aromatic carbocycles. The lowest BCUT2D eigenvalue weighted by Gasteiger charge is -2.04. The molecule has 0 bridgehead atoms. The highest BCUT2D eigenvalue weighted by Gasteiger charge is 2.16. The van der Waals surface area contributed by atoms with E-state index in [0.29, 0.717) is 23.7 Å². The van der Waals surface area contributed by atoms with Crippen molar-refractivity contribution in [2.24, 2.45) is 0 Å². The van der Waals surface area contributed by atoms with Crippen LogP contribution in [0, 0.1) is 0 Å². The van der Waals surface area contributed by atoms with E-state index in [0.717, 1.165) is 19.3 Å². The number of fused-ring (bicyclic) bond motifs is 1. The minimum Gasteiger partial charge on any atom is -0.462 e. The average Bonchev–Trinajstić information content (AvgIpc) is 2.81. The van der Waals surface area contributed by atoms with Crippen molar-refractivity contribution in [1.29, 1.82) is 0 Å². The molecule has 1 aliphatic rings. The van der Waals surface area contributed by atoms with Gasteiger partial charge in [0, 0.05) is 0 Å². The van der Waals surface area contributed by atoms with Gasteiger partial charge in [0.05, 0.1) is 12.2 Å². The number of benzene rings is 1. The summed E-state index contributed by atoms with van der Waals surface area (Å²) in [7, 11) is 0. The molecule has 0 aromatic heterocycles. The number of carbonyl (C=O) groups excluding carboxylic acids is 1. The van der Waals surface area contributed by atoms with E-state index in [1.165, 1.54) is 0 Å². The number of hydrogen-bond acceptors (Lipinski definition) is 4. The minimum atomic E-state index is -0.306. The van der Waals surface area contributed by atoms with Crippen molar-refractivity contribution < 1.29 is 19.0 Å². The van der Waals surface area contributed by atoms with Gasteiger partial charge in [-0.3, -0.25) is 0 Å². The molecule has 2 rings (SSSR count). The molecule has 0 atom stereocenters. The van der Waals surface area contributed by atoms with E-state index in [1.807, 2.05) is 0 Å². The van der Waals surface area contributed by atoms with Gasteiger partial charge >= 0.3 is 5.97 Å². The van der Waals surface area contributed by atoms with E-state index in [-0.39, 0.29) is 12.8 Å². The molecule has 1 aliphatic heterocycles. The summed E-state index contributed by atoms with van der Waals surface area (Å²) < 4.78 is 15.5. The number of esters is 1. The summed E-state index contributed by atoms with van der Waals surface area (Å²) in [6.07, 6.45) is 3.10. The summed E-state index contributed by atoms with van der Waals surface area (Å²) in [6.45, 7) is 2.80. The van der Waals surface area contributed by atoms with Crippen LogP contribution in [-0.4, -0.2) is 19.4 Å². The Morgan fingerprint density at radius 3 is 2.94 bits per heavy atom. The molecule has 0 radical (unpaired) electrons. The van der Waals surface area contributed by atoms with Crippen molar-refractivity contribution in [1.82, 2.24) is 0 Å². The molecule has 0 aliphatic carbocycles. The lowest BCUT2D eigenvalue weighted by molar-refractivity contribution is 0.0497. The van der Waals surface area contributed by atoms with Gasteiger partial charge < -0.3 is 14.2 Å². The van der Waals surface area contributed by atoms with Crippen LogP contribution in [-0.2, 0) is 4.74 Å². The molecule has 0 saturated heterocycles. The van der Waals surface area contributed by atoms with E-state index in [9.17, 15) is 4.79 Å². The number of rotatable bonds is 5. The zero-order chi connectivity index (χ0) is 12.1. The second-order valence-corrected chi connectivity index (χ2v) is 3.91. The van der Waals surface area contributed by atoms with Gasteiger partial charge in [-0.2, -0.15) is 0 Å². The lowest BCUT2D eigenvalue weighted by Crippen LogP contribution is -2.06. The first-order valence-electron chi connectivity index (χ1n) is 5.88. The summed E-state index contributed by atoms with van der Waals surface area (Å²) in [5.74, 6) is 0.972. The first-order chi connectivity index (χ1) is 8.31. The van der Waals surface area contributed by atoms with Crippen molar-refractivity contribution in [3.05, 3.63) is 23.8 Å². The summed E-state index contributed by atoms with van der Waals surface area (Å²) in [5.41, 5.74) is 0.505. The maximum absolute atomic E-state index is 11.7. The smallest absolute Gasteiger partial charge is 0.338 e.